The van der Waals surface area contributed by atoms with E-state index in [2.05, 4.69) is 306 Å². The van der Waals surface area contributed by atoms with Gasteiger partial charge in [0, 0.05) is 57.1 Å². The zero-order chi connectivity index (χ0) is 47.3. The average molecular weight is 910 g/mol. The van der Waals surface area contributed by atoms with Gasteiger partial charge in [-0.05, 0) is 165 Å². The number of hydrogen-bond donors (Lipinski definition) is 0. The van der Waals surface area contributed by atoms with Crippen LogP contribution in [0.1, 0.15) is 22.6 Å². The van der Waals surface area contributed by atoms with Gasteiger partial charge in [-0.2, -0.15) is 0 Å². The molecule has 0 amide bonds. The molecule has 0 heterocycles. The Morgan fingerprint density at radius 3 is 0.915 bits per heavy atom. The van der Waals surface area contributed by atoms with Crippen molar-refractivity contribution in [3.63, 3.8) is 0 Å². The molecule has 0 N–H and O–H groups in total. The Bertz CT molecular complexity index is 3560. The predicted molar refractivity (Wildman–Crippen MR) is 301 cm³/mol. The third-order valence-corrected chi connectivity index (χ3v) is 13.8. The zero-order valence-corrected chi connectivity index (χ0v) is 39.3. The number of benzene rings is 12. The van der Waals surface area contributed by atoms with Gasteiger partial charge in [0.15, 0.2) is 0 Å². The molecule has 0 spiro atoms. The van der Waals surface area contributed by atoms with Crippen molar-refractivity contribution in [2.75, 3.05) is 14.7 Å². The van der Waals surface area contributed by atoms with E-state index < -0.39 is 0 Å². The fourth-order valence-corrected chi connectivity index (χ4v) is 10.2. The van der Waals surface area contributed by atoms with E-state index in [1.54, 1.807) is 0 Å². The van der Waals surface area contributed by atoms with Crippen LogP contribution in [-0.4, -0.2) is 0 Å². The molecular formula is C68H51N3. The number of anilines is 9. The Morgan fingerprint density at radius 2 is 0.493 bits per heavy atom. The topological polar surface area (TPSA) is 9.72 Å². The molecular weight excluding hydrogens is 859 g/mol. The van der Waals surface area contributed by atoms with Gasteiger partial charge in [0.1, 0.15) is 0 Å². The molecule has 0 saturated carbocycles. The SMILES string of the molecule is c1ccc(CC(c2ccc(N(c3ccc(N(c4ccccc4)c4ccc5ccccc5c4)cc3)c3ccc(N(c4ccccc4)c4ccc5ccccc5c4)cc3)cc2)c2ccc3ccccc3c2)cc1. The Kier molecular flexibility index (Phi) is 11.8. The van der Waals surface area contributed by atoms with Gasteiger partial charge in [0.25, 0.3) is 0 Å². The Labute approximate surface area is 416 Å². The standard InChI is InChI=1S/C68H51N3/c1-4-16-50(17-5-1)46-68(58-29-28-51-18-10-13-21-55(51)47-58)54-32-34-61(35-33-54)69(62-38-42-64(43-39-62)70(59-24-6-2-7-25-59)66-36-30-52-19-11-14-22-56(52)48-66)63-40-44-65(45-41-63)71(60-26-8-3-9-27-60)67-37-31-53-20-12-15-23-57(53)49-67/h1-45,47-49,68H,46H2. The smallest absolute Gasteiger partial charge is 0.0468 e. The molecule has 12 rings (SSSR count). The van der Waals surface area contributed by atoms with Gasteiger partial charge < -0.3 is 14.7 Å². The fourth-order valence-electron chi connectivity index (χ4n) is 10.2. The Hall–Kier alpha value is -9.18. The maximum Gasteiger partial charge on any atom is 0.0468 e. The second kappa shape index (κ2) is 19.4. The summed E-state index contributed by atoms with van der Waals surface area (Å²) in [7, 11) is 0. The molecule has 1 unspecified atom stereocenters. The largest absolute Gasteiger partial charge is 0.311 e. The molecule has 0 saturated heterocycles. The summed E-state index contributed by atoms with van der Waals surface area (Å²) in [6.07, 6.45) is 0.898. The van der Waals surface area contributed by atoms with Crippen molar-refractivity contribution in [3.05, 3.63) is 308 Å². The van der Waals surface area contributed by atoms with Crippen LogP contribution >= 0.6 is 0 Å². The van der Waals surface area contributed by atoms with Gasteiger partial charge in [-0.1, -0.05) is 182 Å². The van der Waals surface area contributed by atoms with Crippen LogP contribution in [0.2, 0.25) is 0 Å². The minimum absolute atomic E-state index is 0.168. The van der Waals surface area contributed by atoms with E-state index in [9.17, 15) is 0 Å². The van der Waals surface area contributed by atoms with E-state index in [0.29, 0.717) is 0 Å². The molecule has 0 aliphatic rings. The average Bonchev–Trinajstić information content (AvgIpc) is 3.44. The predicted octanol–water partition coefficient (Wildman–Crippen LogP) is 18.9. The first-order valence-electron chi connectivity index (χ1n) is 24.5. The molecule has 0 aliphatic heterocycles. The summed E-state index contributed by atoms with van der Waals surface area (Å²) < 4.78 is 0. The van der Waals surface area contributed by atoms with Crippen LogP contribution in [0.4, 0.5) is 51.2 Å². The van der Waals surface area contributed by atoms with Crippen LogP contribution in [0.15, 0.2) is 291 Å². The quantitative estimate of drug-likeness (QED) is 0.114. The molecule has 338 valence electrons. The summed E-state index contributed by atoms with van der Waals surface area (Å²) in [6, 6.07) is 106. The summed E-state index contributed by atoms with van der Waals surface area (Å²) in [6.45, 7) is 0. The zero-order valence-electron chi connectivity index (χ0n) is 39.3. The van der Waals surface area contributed by atoms with Crippen molar-refractivity contribution < 1.29 is 0 Å². The molecule has 71 heavy (non-hydrogen) atoms. The number of hydrogen-bond acceptors (Lipinski definition) is 3. The van der Waals surface area contributed by atoms with Gasteiger partial charge in [0.05, 0.1) is 0 Å². The Balaban J connectivity index is 0.954. The summed E-state index contributed by atoms with van der Waals surface area (Å²) in [5, 5.41) is 7.37. The normalized spacial score (nSPS) is 11.7. The highest BCUT2D eigenvalue weighted by molar-refractivity contribution is 5.92. The van der Waals surface area contributed by atoms with E-state index in [4.69, 9.17) is 0 Å². The summed E-state index contributed by atoms with van der Waals surface area (Å²) in [5.41, 5.74) is 13.7. The van der Waals surface area contributed by atoms with Gasteiger partial charge in [-0.25, -0.2) is 0 Å². The molecule has 3 heteroatoms. The second-order valence-electron chi connectivity index (χ2n) is 18.2. The van der Waals surface area contributed by atoms with Crippen LogP contribution in [0.3, 0.4) is 0 Å². The maximum atomic E-state index is 2.38. The van der Waals surface area contributed by atoms with E-state index in [1.165, 1.54) is 49.0 Å². The first kappa shape index (κ1) is 43.1. The highest BCUT2D eigenvalue weighted by Crippen LogP contribution is 2.43. The lowest BCUT2D eigenvalue weighted by molar-refractivity contribution is 0.806. The minimum atomic E-state index is 0.168. The van der Waals surface area contributed by atoms with E-state index in [1.807, 2.05) is 0 Å². The van der Waals surface area contributed by atoms with Crippen LogP contribution < -0.4 is 14.7 Å². The Morgan fingerprint density at radius 1 is 0.211 bits per heavy atom. The lowest BCUT2D eigenvalue weighted by Crippen LogP contribution is -2.13. The van der Waals surface area contributed by atoms with Crippen molar-refractivity contribution in [2.45, 2.75) is 12.3 Å². The lowest BCUT2D eigenvalue weighted by atomic mass is 9.85. The van der Waals surface area contributed by atoms with Crippen molar-refractivity contribution in [2.24, 2.45) is 0 Å². The third-order valence-electron chi connectivity index (χ3n) is 13.8. The first-order chi connectivity index (χ1) is 35.2. The minimum Gasteiger partial charge on any atom is -0.311 e. The molecule has 12 aromatic rings. The van der Waals surface area contributed by atoms with E-state index >= 15 is 0 Å². The third kappa shape index (κ3) is 9.01. The number of fused-ring (bicyclic) bond motifs is 3. The molecule has 12 aromatic carbocycles. The monoisotopic (exact) mass is 909 g/mol. The van der Waals surface area contributed by atoms with Crippen LogP contribution in [-0.2, 0) is 6.42 Å². The van der Waals surface area contributed by atoms with Crippen molar-refractivity contribution >= 4 is 83.5 Å². The van der Waals surface area contributed by atoms with Crippen LogP contribution in [0.25, 0.3) is 32.3 Å². The second-order valence-corrected chi connectivity index (χ2v) is 18.2. The van der Waals surface area contributed by atoms with Crippen molar-refractivity contribution in [1.29, 1.82) is 0 Å². The number of rotatable bonds is 13. The summed E-state index contributed by atoms with van der Waals surface area (Å²) in [4.78, 5) is 7.06. The number of para-hydroxylation sites is 2. The van der Waals surface area contributed by atoms with Gasteiger partial charge >= 0.3 is 0 Å². The highest BCUT2D eigenvalue weighted by Gasteiger charge is 2.21. The number of nitrogens with zero attached hydrogens (tertiary/aromatic N) is 3. The molecule has 0 aliphatic carbocycles. The molecule has 0 fully saturated rings. The van der Waals surface area contributed by atoms with Gasteiger partial charge in [-0.15, -0.1) is 0 Å². The molecule has 0 bridgehead atoms. The molecule has 1 atom stereocenters. The van der Waals surface area contributed by atoms with Gasteiger partial charge in [-0.3, -0.25) is 0 Å². The molecule has 0 aromatic heterocycles. The van der Waals surface area contributed by atoms with Crippen molar-refractivity contribution in [1.82, 2.24) is 0 Å². The van der Waals surface area contributed by atoms with E-state index in [0.717, 1.165) is 57.6 Å². The van der Waals surface area contributed by atoms with Crippen LogP contribution in [0.5, 0.6) is 0 Å². The molecule has 0 radical (unpaired) electrons. The summed E-state index contributed by atoms with van der Waals surface area (Å²) in [5.74, 6) is 0.168. The van der Waals surface area contributed by atoms with Crippen molar-refractivity contribution in [3.8, 4) is 0 Å². The fraction of sp³-hybridized carbons (Fsp3) is 0.0294. The van der Waals surface area contributed by atoms with E-state index in [-0.39, 0.29) is 5.92 Å². The highest BCUT2D eigenvalue weighted by atomic mass is 15.2. The van der Waals surface area contributed by atoms with Gasteiger partial charge in [0.2, 0.25) is 0 Å². The van der Waals surface area contributed by atoms with Crippen LogP contribution in [0, 0.1) is 0 Å². The molecule has 3 nitrogen and oxygen atoms in total. The first-order valence-corrected chi connectivity index (χ1v) is 24.5. The maximum absolute atomic E-state index is 2.38. The lowest BCUT2D eigenvalue weighted by Gasteiger charge is -2.30. The summed E-state index contributed by atoms with van der Waals surface area (Å²) >= 11 is 0.